The number of aliphatic hydroxyl groups excluding tert-OH is 1. The standard InChI is InChI=1S/C25H27Cl2NO3/c1-3-25-11-10-20(19-9-8-18(14-21(19)27)31-13-12-29)22(16-4-6-17(26)7-5-16)23(25)15(2)28-24(25)30/h4-11,14-15,20,22-23,29H,3,12-13H2,1-2H3,(H,28,30)/t15-,20+,22+,23+,25-/m1/s1. The van der Waals surface area contributed by atoms with Gasteiger partial charge in [0.1, 0.15) is 12.4 Å². The predicted octanol–water partition coefficient (Wildman–Crippen LogP) is 5.33. The average Bonchev–Trinajstić information content (AvgIpc) is 3.03. The molecule has 0 saturated carbocycles. The topological polar surface area (TPSA) is 58.6 Å². The minimum Gasteiger partial charge on any atom is -0.491 e. The summed E-state index contributed by atoms with van der Waals surface area (Å²) in [4.78, 5) is 13.0. The van der Waals surface area contributed by atoms with Crippen molar-refractivity contribution in [2.24, 2.45) is 11.3 Å². The summed E-state index contributed by atoms with van der Waals surface area (Å²) in [5.41, 5.74) is 1.60. The number of amides is 1. The molecule has 2 N–H and O–H groups in total. The highest BCUT2D eigenvalue weighted by Crippen LogP contribution is 2.57. The first kappa shape index (κ1) is 22.2. The van der Waals surface area contributed by atoms with Gasteiger partial charge >= 0.3 is 0 Å². The van der Waals surface area contributed by atoms with Crippen LogP contribution in [0, 0.1) is 11.3 Å². The average molecular weight is 460 g/mol. The van der Waals surface area contributed by atoms with Gasteiger partial charge in [-0.2, -0.15) is 0 Å². The van der Waals surface area contributed by atoms with Gasteiger partial charge in [-0.3, -0.25) is 4.79 Å². The first-order valence-corrected chi connectivity index (χ1v) is 11.5. The van der Waals surface area contributed by atoms with Crippen LogP contribution in [0.4, 0.5) is 0 Å². The number of benzene rings is 2. The zero-order chi connectivity index (χ0) is 22.2. The van der Waals surface area contributed by atoms with Crippen molar-refractivity contribution in [1.82, 2.24) is 5.32 Å². The molecule has 1 amide bonds. The lowest BCUT2D eigenvalue weighted by molar-refractivity contribution is -0.127. The number of fused-ring (bicyclic) bond motifs is 1. The Bertz CT molecular complexity index is 991. The summed E-state index contributed by atoms with van der Waals surface area (Å²) < 4.78 is 5.52. The molecule has 0 aromatic heterocycles. The van der Waals surface area contributed by atoms with Crippen LogP contribution >= 0.6 is 23.2 Å². The highest BCUT2D eigenvalue weighted by atomic mass is 35.5. The molecule has 1 aliphatic carbocycles. The predicted molar refractivity (Wildman–Crippen MR) is 124 cm³/mol. The van der Waals surface area contributed by atoms with Crippen LogP contribution in [0.3, 0.4) is 0 Å². The van der Waals surface area contributed by atoms with Crippen LogP contribution in [-0.2, 0) is 4.79 Å². The highest BCUT2D eigenvalue weighted by molar-refractivity contribution is 6.31. The maximum Gasteiger partial charge on any atom is 0.230 e. The SMILES string of the molecule is CC[C@@]12C=C[C@@H](c3ccc(OCCO)cc3Cl)[C@H](c3ccc(Cl)cc3)[C@@H]1[C@@H](C)NC2=O. The van der Waals surface area contributed by atoms with Gasteiger partial charge in [0.15, 0.2) is 0 Å². The summed E-state index contributed by atoms with van der Waals surface area (Å²) in [5, 5.41) is 13.5. The maximum atomic E-state index is 13.0. The minimum absolute atomic E-state index is 0.000363. The quantitative estimate of drug-likeness (QED) is 0.573. The Morgan fingerprint density at radius 3 is 2.55 bits per heavy atom. The third kappa shape index (κ3) is 3.86. The van der Waals surface area contributed by atoms with E-state index in [1.54, 1.807) is 6.07 Å². The first-order chi connectivity index (χ1) is 14.9. The summed E-state index contributed by atoms with van der Waals surface area (Å²) in [6, 6.07) is 13.6. The van der Waals surface area contributed by atoms with E-state index in [0.717, 1.165) is 17.5 Å². The molecule has 0 unspecified atom stereocenters. The monoisotopic (exact) mass is 459 g/mol. The lowest BCUT2D eigenvalue weighted by Gasteiger charge is -2.44. The molecule has 2 aromatic rings. The van der Waals surface area contributed by atoms with Crippen molar-refractivity contribution in [2.45, 2.75) is 38.1 Å². The number of hydrogen-bond donors (Lipinski definition) is 2. The number of carbonyl (C=O) groups is 1. The number of halogens is 2. The first-order valence-electron chi connectivity index (χ1n) is 10.7. The van der Waals surface area contributed by atoms with Gasteiger partial charge in [-0.15, -0.1) is 0 Å². The molecular weight excluding hydrogens is 433 g/mol. The molecular formula is C25H27Cl2NO3. The second-order valence-corrected chi connectivity index (χ2v) is 9.24. The van der Waals surface area contributed by atoms with Gasteiger partial charge in [0.2, 0.25) is 5.91 Å². The molecule has 0 spiro atoms. The van der Waals surface area contributed by atoms with Gasteiger partial charge in [-0.1, -0.05) is 60.5 Å². The second-order valence-electron chi connectivity index (χ2n) is 8.40. The Morgan fingerprint density at radius 1 is 1.16 bits per heavy atom. The van der Waals surface area contributed by atoms with Gasteiger partial charge in [0.05, 0.1) is 12.0 Å². The number of hydrogen-bond acceptors (Lipinski definition) is 3. The molecule has 1 fully saturated rings. The zero-order valence-corrected chi connectivity index (χ0v) is 19.2. The Balaban J connectivity index is 1.83. The Morgan fingerprint density at radius 2 is 1.90 bits per heavy atom. The number of nitrogens with one attached hydrogen (secondary N) is 1. The molecule has 4 nitrogen and oxygen atoms in total. The van der Waals surface area contributed by atoms with Crippen LogP contribution in [0.2, 0.25) is 10.0 Å². The van der Waals surface area contributed by atoms with Gasteiger partial charge in [0, 0.05) is 33.8 Å². The lowest BCUT2D eigenvalue weighted by Crippen LogP contribution is -2.41. The van der Waals surface area contributed by atoms with Crippen molar-refractivity contribution in [3.05, 3.63) is 75.8 Å². The lowest BCUT2D eigenvalue weighted by atomic mass is 9.57. The minimum atomic E-state index is -0.531. The van der Waals surface area contributed by atoms with Gasteiger partial charge in [-0.05, 0) is 48.7 Å². The van der Waals surface area contributed by atoms with E-state index >= 15 is 0 Å². The number of allylic oxidation sites excluding steroid dienone is 1. The summed E-state index contributed by atoms with van der Waals surface area (Å²) in [6.45, 7) is 4.34. The van der Waals surface area contributed by atoms with Crippen molar-refractivity contribution in [2.75, 3.05) is 13.2 Å². The third-order valence-electron chi connectivity index (χ3n) is 6.82. The van der Waals surface area contributed by atoms with Crippen molar-refractivity contribution in [3.8, 4) is 5.75 Å². The third-order valence-corrected chi connectivity index (χ3v) is 7.40. The normalized spacial score (nSPS) is 29.5. The van der Waals surface area contributed by atoms with Crippen molar-refractivity contribution in [1.29, 1.82) is 0 Å². The number of aliphatic hydroxyl groups is 1. The fourth-order valence-electron chi connectivity index (χ4n) is 5.41. The molecule has 1 saturated heterocycles. The van der Waals surface area contributed by atoms with Crippen molar-refractivity contribution < 1.29 is 14.6 Å². The summed E-state index contributed by atoms with van der Waals surface area (Å²) in [7, 11) is 0. The van der Waals surface area contributed by atoms with Crippen LogP contribution in [0.15, 0.2) is 54.6 Å². The Hall–Kier alpha value is -2.01. The van der Waals surface area contributed by atoms with E-state index in [9.17, 15) is 4.79 Å². The number of rotatable bonds is 6. The second kappa shape index (κ2) is 8.85. The van der Waals surface area contributed by atoms with E-state index in [0.29, 0.717) is 15.8 Å². The molecule has 6 heteroatoms. The van der Waals surface area contributed by atoms with E-state index in [2.05, 4.69) is 43.4 Å². The molecule has 0 radical (unpaired) electrons. The molecule has 31 heavy (non-hydrogen) atoms. The number of carbonyl (C=O) groups excluding carboxylic acids is 1. The van der Waals surface area contributed by atoms with Gasteiger partial charge in [-0.25, -0.2) is 0 Å². The maximum absolute atomic E-state index is 13.0. The van der Waals surface area contributed by atoms with Crippen LogP contribution in [0.1, 0.15) is 43.2 Å². The molecule has 0 bridgehead atoms. The van der Waals surface area contributed by atoms with E-state index < -0.39 is 5.41 Å². The Labute approximate surface area is 193 Å². The number of ether oxygens (including phenoxy) is 1. The van der Waals surface area contributed by atoms with E-state index in [-0.39, 0.29) is 42.9 Å². The van der Waals surface area contributed by atoms with Crippen molar-refractivity contribution in [3.63, 3.8) is 0 Å². The fourth-order valence-corrected chi connectivity index (χ4v) is 5.83. The van der Waals surface area contributed by atoms with E-state index in [1.807, 2.05) is 24.3 Å². The van der Waals surface area contributed by atoms with Crippen LogP contribution in [0.25, 0.3) is 0 Å². The Kier molecular flexibility index (Phi) is 6.34. The summed E-state index contributed by atoms with van der Waals surface area (Å²) >= 11 is 12.9. The molecule has 5 atom stereocenters. The zero-order valence-electron chi connectivity index (χ0n) is 17.6. The summed E-state index contributed by atoms with van der Waals surface area (Å²) in [5.74, 6) is 0.862. The van der Waals surface area contributed by atoms with E-state index in [4.69, 9.17) is 33.0 Å². The fraction of sp³-hybridized carbons (Fsp3) is 0.400. The molecule has 2 aliphatic rings. The molecule has 4 rings (SSSR count). The molecule has 164 valence electrons. The smallest absolute Gasteiger partial charge is 0.230 e. The highest BCUT2D eigenvalue weighted by Gasteiger charge is 2.57. The molecule has 1 heterocycles. The molecule has 2 aromatic carbocycles. The van der Waals surface area contributed by atoms with Gasteiger partial charge < -0.3 is 15.2 Å². The van der Waals surface area contributed by atoms with Crippen LogP contribution < -0.4 is 10.1 Å². The van der Waals surface area contributed by atoms with Crippen molar-refractivity contribution >= 4 is 29.1 Å². The van der Waals surface area contributed by atoms with Gasteiger partial charge in [0.25, 0.3) is 0 Å². The van der Waals surface area contributed by atoms with Crippen LogP contribution in [-0.4, -0.2) is 30.3 Å². The summed E-state index contributed by atoms with van der Waals surface area (Å²) in [6.07, 6.45) is 4.98. The van der Waals surface area contributed by atoms with Crippen LogP contribution in [0.5, 0.6) is 5.75 Å². The molecule has 1 aliphatic heterocycles. The largest absolute Gasteiger partial charge is 0.491 e. The van der Waals surface area contributed by atoms with E-state index in [1.165, 1.54) is 0 Å².